The molecule has 8 heteroatoms. The minimum absolute atomic E-state index is 0.208. The van der Waals surface area contributed by atoms with E-state index in [0.29, 0.717) is 6.42 Å². The van der Waals surface area contributed by atoms with Gasteiger partial charge in [-0.05, 0) is 53.1 Å². The molecular formula is C25H23NO6S. The summed E-state index contributed by atoms with van der Waals surface area (Å²) in [5, 5.41) is 2.83. The first kappa shape index (κ1) is 22.5. The zero-order chi connectivity index (χ0) is 23.6. The first-order valence-electron chi connectivity index (χ1n) is 10.3. The van der Waals surface area contributed by atoms with Crippen molar-refractivity contribution in [2.75, 3.05) is 19.9 Å². The number of esters is 1. The number of methoxy groups -OCH3 is 1. The molecule has 0 aliphatic carbocycles. The molecule has 1 unspecified atom stereocenters. The molecule has 170 valence electrons. The Kier molecular flexibility index (Phi) is 6.20. The number of nitrogens with one attached hydrogen (secondary N) is 1. The summed E-state index contributed by atoms with van der Waals surface area (Å²) in [5.74, 6) is -0.190. The first-order valence-corrected chi connectivity index (χ1v) is 12.2. The van der Waals surface area contributed by atoms with Crippen LogP contribution in [-0.2, 0) is 21.0 Å². The van der Waals surface area contributed by atoms with Crippen molar-refractivity contribution in [3.63, 3.8) is 0 Å². The van der Waals surface area contributed by atoms with Crippen LogP contribution in [0.15, 0.2) is 71.6 Å². The van der Waals surface area contributed by atoms with Gasteiger partial charge < -0.3 is 14.8 Å². The SMILES string of the molecule is COC(=O)c1ccccc1C(=O)NCC1Cc2cc(-c3ccc(S(C)(=O)=O)cc3)ccc2O1. The van der Waals surface area contributed by atoms with Crippen molar-refractivity contribution in [3.05, 3.63) is 83.4 Å². The lowest BCUT2D eigenvalue weighted by atomic mass is 10.0. The molecule has 0 aromatic heterocycles. The summed E-state index contributed by atoms with van der Waals surface area (Å²) in [4.78, 5) is 24.8. The van der Waals surface area contributed by atoms with E-state index in [1.807, 2.05) is 18.2 Å². The average Bonchev–Trinajstić information content (AvgIpc) is 3.23. The molecule has 1 N–H and O–H groups in total. The van der Waals surface area contributed by atoms with Gasteiger partial charge in [0, 0.05) is 12.7 Å². The number of sulfone groups is 1. The molecule has 1 atom stereocenters. The fraction of sp³-hybridized carbons (Fsp3) is 0.200. The van der Waals surface area contributed by atoms with E-state index in [2.05, 4.69) is 5.32 Å². The van der Waals surface area contributed by atoms with E-state index in [-0.39, 0.29) is 34.6 Å². The van der Waals surface area contributed by atoms with Gasteiger partial charge in [-0.15, -0.1) is 0 Å². The normalized spacial score (nSPS) is 14.8. The summed E-state index contributed by atoms with van der Waals surface area (Å²) < 4.78 is 34.0. The average molecular weight is 466 g/mol. The fourth-order valence-corrected chi connectivity index (χ4v) is 4.41. The third-order valence-electron chi connectivity index (χ3n) is 5.48. The van der Waals surface area contributed by atoms with E-state index in [9.17, 15) is 18.0 Å². The van der Waals surface area contributed by atoms with E-state index in [1.165, 1.54) is 13.4 Å². The molecular weight excluding hydrogens is 442 g/mol. The van der Waals surface area contributed by atoms with Gasteiger partial charge >= 0.3 is 5.97 Å². The van der Waals surface area contributed by atoms with Crippen LogP contribution in [0.25, 0.3) is 11.1 Å². The van der Waals surface area contributed by atoms with Crippen LogP contribution in [0, 0.1) is 0 Å². The molecule has 0 spiro atoms. The number of benzene rings is 3. The van der Waals surface area contributed by atoms with Crippen LogP contribution >= 0.6 is 0 Å². The summed E-state index contributed by atoms with van der Waals surface area (Å²) >= 11 is 0. The number of hydrogen-bond acceptors (Lipinski definition) is 6. The van der Waals surface area contributed by atoms with Crippen LogP contribution in [0.3, 0.4) is 0 Å². The Bertz CT molecular complexity index is 1310. The maximum absolute atomic E-state index is 12.6. The topological polar surface area (TPSA) is 98.8 Å². The third kappa shape index (κ3) is 4.90. The van der Waals surface area contributed by atoms with E-state index in [4.69, 9.17) is 9.47 Å². The van der Waals surface area contributed by atoms with Gasteiger partial charge in [0.25, 0.3) is 5.91 Å². The van der Waals surface area contributed by atoms with Crippen LogP contribution in [-0.4, -0.2) is 46.3 Å². The molecule has 4 rings (SSSR count). The van der Waals surface area contributed by atoms with Crippen molar-refractivity contribution in [1.82, 2.24) is 5.32 Å². The zero-order valence-corrected chi connectivity index (χ0v) is 19.0. The Hall–Kier alpha value is -3.65. The number of fused-ring (bicyclic) bond motifs is 1. The Labute approximate surface area is 192 Å². The summed E-state index contributed by atoms with van der Waals surface area (Å²) in [7, 11) is -1.97. The summed E-state index contributed by atoms with van der Waals surface area (Å²) in [6.07, 6.45) is 1.56. The second-order valence-corrected chi connectivity index (χ2v) is 9.83. The maximum Gasteiger partial charge on any atom is 0.338 e. The van der Waals surface area contributed by atoms with Crippen LogP contribution < -0.4 is 10.1 Å². The van der Waals surface area contributed by atoms with Crippen molar-refractivity contribution >= 4 is 21.7 Å². The standard InChI is InChI=1S/C25H23NO6S/c1-31-25(28)22-6-4-3-5-21(22)24(27)26-15-19-14-18-13-17(9-12-23(18)32-19)16-7-10-20(11-8-16)33(2,29)30/h3-13,19H,14-15H2,1-2H3,(H,26,27). The zero-order valence-electron chi connectivity index (χ0n) is 18.2. The van der Waals surface area contributed by atoms with Crippen LogP contribution in [0.1, 0.15) is 26.3 Å². The number of ether oxygens (including phenoxy) is 2. The minimum Gasteiger partial charge on any atom is -0.488 e. The summed E-state index contributed by atoms with van der Waals surface area (Å²) in [5.41, 5.74) is 3.32. The van der Waals surface area contributed by atoms with Gasteiger partial charge in [-0.25, -0.2) is 13.2 Å². The van der Waals surface area contributed by atoms with Gasteiger partial charge in [0.15, 0.2) is 9.84 Å². The smallest absolute Gasteiger partial charge is 0.338 e. The van der Waals surface area contributed by atoms with E-state index >= 15 is 0 Å². The Morgan fingerprint density at radius 3 is 2.33 bits per heavy atom. The van der Waals surface area contributed by atoms with E-state index < -0.39 is 15.8 Å². The van der Waals surface area contributed by atoms with Crippen LogP contribution in [0.4, 0.5) is 0 Å². The maximum atomic E-state index is 12.6. The molecule has 1 heterocycles. The molecule has 0 radical (unpaired) electrons. The molecule has 7 nitrogen and oxygen atoms in total. The highest BCUT2D eigenvalue weighted by molar-refractivity contribution is 7.90. The summed E-state index contributed by atoms with van der Waals surface area (Å²) in [6.45, 7) is 0.279. The van der Waals surface area contributed by atoms with Gasteiger partial charge in [0.2, 0.25) is 0 Å². The third-order valence-corrected chi connectivity index (χ3v) is 6.61. The monoisotopic (exact) mass is 465 g/mol. The quantitative estimate of drug-likeness (QED) is 0.561. The highest BCUT2D eigenvalue weighted by atomic mass is 32.2. The van der Waals surface area contributed by atoms with Crippen molar-refractivity contribution in [2.45, 2.75) is 17.4 Å². The lowest BCUT2D eigenvalue weighted by molar-refractivity contribution is 0.0596. The van der Waals surface area contributed by atoms with Crippen LogP contribution in [0.2, 0.25) is 0 Å². The molecule has 1 aliphatic rings. The van der Waals surface area contributed by atoms with E-state index in [0.717, 1.165) is 22.4 Å². The largest absolute Gasteiger partial charge is 0.488 e. The lowest BCUT2D eigenvalue weighted by Crippen LogP contribution is -2.35. The molecule has 33 heavy (non-hydrogen) atoms. The highest BCUT2D eigenvalue weighted by Crippen LogP contribution is 2.33. The molecule has 1 aliphatic heterocycles. The molecule has 0 saturated carbocycles. The van der Waals surface area contributed by atoms with Gasteiger partial charge in [-0.3, -0.25) is 4.79 Å². The molecule has 3 aromatic rings. The Morgan fingerprint density at radius 2 is 1.67 bits per heavy atom. The predicted octanol–water partition coefficient (Wildman–Crippen LogP) is 3.28. The number of carbonyl (C=O) groups is 2. The van der Waals surface area contributed by atoms with Gasteiger partial charge in [0.1, 0.15) is 11.9 Å². The second kappa shape index (κ2) is 9.07. The number of hydrogen-bond donors (Lipinski definition) is 1. The lowest BCUT2D eigenvalue weighted by Gasteiger charge is -2.13. The van der Waals surface area contributed by atoms with Gasteiger partial charge in [-0.1, -0.05) is 30.3 Å². The Morgan fingerprint density at radius 1 is 1.00 bits per heavy atom. The molecule has 0 fully saturated rings. The second-order valence-electron chi connectivity index (χ2n) is 7.81. The predicted molar refractivity (Wildman–Crippen MR) is 123 cm³/mol. The number of carbonyl (C=O) groups excluding carboxylic acids is 2. The van der Waals surface area contributed by atoms with Crippen molar-refractivity contribution in [2.24, 2.45) is 0 Å². The van der Waals surface area contributed by atoms with Crippen molar-refractivity contribution in [3.8, 4) is 16.9 Å². The molecule has 1 amide bonds. The Balaban J connectivity index is 1.42. The molecule has 0 bridgehead atoms. The summed E-state index contributed by atoms with van der Waals surface area (Å²) in [6, 6.07) is 19.1. The number of amides is 1. The molecule has 3 aromatic carbocycles. The van der Waals surface area contributed by atoms with Gasteiger partial charge in [0.05, 0.1) is 29.7 Å². The van der Waals surface area contributed by atoms with Crippen LogP contribution in [0.5, 0.6) is 5.75 Å². The number of rotatable bonds is 6. The highest BCUT2D eigenvalue weighted by Gasteiger charge is 2.25. The van der Waals surface area contributed by atoms with Crippen molar-refractivity contribution < 1.29 is 27.5 Å². The van der Waals surface area contributed by atoms with E-state index in [1.54, 1.807) is 48.5 Å². The van der Waals surface area contributed by atoms with Crippen molar-refractivity contribution in [1.29, 1.82) is 0 Å². The first-order chi connectivity index (χ1) is 15.8. The molecule has 0 saturated heterocycles. The fourth-order valence-electron chi connectivity index (χ4n) is 3.78. The van der Waals surface area contributed by atoms with Gasteiger partial charge in [-0.2, -0.15) is 0 Å². The minimum atomic E-state index is -3.24.